The number of hydrogen-bond acceptors (Lipinski definition) is 5. The number of carbonyl (C=O) groups is 1. The molecular formula is C24H28FN3O3. The van der Waals surface area contributed by atoms with E-state index in [1.54, 1.807) is 12.1 Å². The van der Waals surface area contributed by atoms with Crippen molar-refractivity contribution in [1.82, 2.24) is 9.80 Å². The summed E-state index contributed by atoms with van der Waals surface area (Å²) in [4.78, 5) is 17.4. The van der Waals surface area contributed by atoms with Crippen molar-refractivity contribution in [3.05, 3.63) is 53.8 Å². The minimum absolute atomic E-state index is 0.0335. The van der Waals surface area contributed by atoms with E-state index in [1.165, 1.54) is 12.1 Å². The van der Waals surface area contributed by atoms with E-state index >= 15 is 0 Å². The molecule has 3 heterocycles. The predicted octanol–water partition coefficient (Wildman–Crippen LogP) is 2.50. The third-order valence-corrected chi connectivity index (χ3v) is 6.83. The fraction of sp³-hybridized carbons (Fsp3) is 0.458. The van der Waals surface area contributed by atoms with Gasteiger partial charge in [0, 0.05) is 31.2 Å². The molecule has 2 N–H and O–H groups in total. The normalized spacial score (nSPS) is 25.6. The number of rotatable bonds is 4. The fourth-order valence-corrected chi connectivity index (χ4v) is 5.21. The number of fused-ring (bicyclic) bond motifs is 3. The summed E-state index contributed by atoms with van der Waals surface area (Å²) in [5.74, 6) is 0.0330. The number of aliphatic hydroxyl groups excluding tert-OH is 1. The second-order valence-electron chi connectivity index (χ2n) is 8.62. The number of carbonyl (C=O) groups excluding carboxylic acids is 1. The van der Waals surface area contributed by atoms with E-state index in [4.69, 9.17) is 4.74 Å². The van der Waals surface area contributed by atoms with Crippen LogP contribution < -0.4 is 5.32 Å². The van der Waals surface area contributed by atoms with Crippen LogP contribution >= 0.6 is 0 Å². The van der Waals surface area contributed by atoms with Crippen LogP contribution in [0.5, 0.6) is 0 Å². The molecule has 1 amide bonds. The van der Waals surface area contributed by atoms with Crippen LogP contribution in [0, 0.1) is 11.7 Å². The lowest BCUT2D eigenvalue weighted by molar-refractivity contribution is -0.134. The number of amides is 1. The summed E-state index contributed by atoms with van der Waals surface area (Å²) in [6.45, 7) is 4.01. The van der Waals surface area contributed by atoms with Gasteiger partial charge in [0.1, 0.15) is 5.82 Å². The molecule has 0 aromatic heterocycles. The standard InChI is InChI=1S/C24H28FN3O3/c25-18-4-1-16(2-5-18)17-3-6-21-20(13-17)24-19(22(15-29)26-21)7-8-28(24)23(30)14-27-9-11-31-12-10-27/h1-6,13,19,22,24,26,29H,7-12,14-15H2/t19-,22+,24-/m1/s1. The van der Waals surface area contributed by atoms with Crippen molar-refractivity contribution in [2.45, 2.75) is 18.5 Å². The Bertz CT molecular complexity index is 946. The molecular weight excluding hydrogens is 397 g/mol. The first-order chi connectivity index (χ1) is 15.1. The van der Waals surface area contributed by atoms with Gasteiger partial charge in [0.05, 0.1) is 38.4 Å². The van der Waals surface area contributed by atoms with E-state index in [2.05, 4.69) is 16.3 Å². The lowest BCUT2D eigenvalue weighted by Gasteiger charge is -2.40. The molecule has 2 aromatic rings. The van der Waals surface area contributed by atoms with Crippen LogP contribution in [-0.4, -0.2) is 72.9 Å². The molecule has 0 bridgehead atoms. The highest BCUT2D eigenvalue weighted by Crippen LogP contribution is 2.47. The van der Waals surface area contributed by atoms with Crippen LogP contribution in [-0.2, 0) is 9.53 Å². The van der Waals surface area contributed by atoms with Gasteiger partial charge in [0.2, 0.25) is 5.91 Å². The molecule has 6 nitrogen and oxygen atoms in total. The minimum atomic E-state index is -0.259. The highest BCUT2D eigenvalue weighted by Gasteiger charge is 2.45. The van der Waals surface area contributed by atoms with Crippen LogP contribution in [0.3, 0.4) is 0 Å². The molecule has 0 spiro atoms. The van der Waals surface area contributed by atoms with E-state index < -0.39 is 0 Å². The van der Waals surface area contributed by atoms with E-state index in [1.807, 2.05) is 17.0 Å². The fourth-order valence-electron chi connectivity index (χ4n) is 5.21. The number of nitrogens with one attached hydrogen (secondary N) is 1. The zero-order valence-corrected chi connectivity index (χ0v) is 17.5. The maximum atomic E-state index is 13.4. The molecule has 0 radical (unpaired) electrons. The average Bonchev–Trinajstić information content (AvgIpc) is 3.25. The highest BCUT2D eigenvalue weighted by atomic mass is 19.1. The summed E-state index contributed by atoms with van der Waals surface area (Å²) in [5.41, 5.74) is 3.96. The van der Waals surface area contributed by atoms with E-state index in [0.29, 0.717) is 26.3 Å². The van der Waals surface area contributed by atoms with Crippen molar-refractivity contribution < 1.29 is 19.0 Å². The predicted molar refractivity (Wildman–Crippen MR) is 116 cm³/mol. The Kier molecular flexibility index (Phi) is 5.65. The van der Waals surface area contributed by atoms with Crippen molar-refractivity contribution in [3.8, 4) is 11.1 Å². The van der Waals surface area contributed by atoms with Crippen molar-refractivity contribution in [2.75, 3.05) is 51.3 Å². The molecule has 0 aliphatic carbocycles. The van der Waals surface area contributed by atoms with E-state index in [9.17, 15) is 14.3 Å². The molecule has 2 aromatic carbocycles. The third kappa shape index (κ3) is 3.93. The molecule has 3 atom stereocenters. The molecule has 7 heteroatoms. The maximum Gasteiger partial charge on any atom is 0.237 e. The van der Waals surface area contributed by atoms with Crippen LogP contribution in [0.15, 0.2) is 42.5 Å². The first kappa shape index (κ1) is 20.4. The van der Waals surface area contributed by atoms with Gasteiger partial charge in [0.25, 0.3) is 0 Å². The Morgan fingerprint density at radius 1 is 1.10 bits per heavy atom. The number of likely N-dealkylation sites (tertiary alicyclic amines) is 1. The van der Waals surface area contributed by atoms with Crippen molar-refractivity contribution in [2.24, 2.45) is 5.92 Å². The SMILES string of the molecule is O=C(CN1CCOCC1)N1CC[C@@H]2[C@H](CO)Nc3ccc(-c4ccc(F)cc4)cc3[C@@H]21. The molecule has 164 valence electrons. The monoisotopic (exact) mass is 425 g/mol. The molecule has 3 aliphatic rings. The smallest absolute Gasteiger partial charge is 0.237 e. The van der Waals surface area contributed by atoms with Crippen molar-refractivity contribution in [1.29, 1.82) is 0 Å². The quantitative estimate of drug-likeness (QED) is 0.788. The summed E-state index contributed by atoms with van der Waals surface area (Å²) in [7, 11) is 0. The lowest BCUT2D eigenvalue weighted by Crippen LogP contribution is -2.47. The maximum absolute atomic E-state index is 13.4. The van der Waals surface area contributed by atoms with Gasteiger partial charge in [-0.3, -0.25) is 9.69 Å². The number of nitrogens with zero attached hydrogens (tertiary/aromatic N) is 2. The minimum Gasteiger partial charge on any atom is -0.394 e. The molecule has 2 fully saturated rings. The largest absolute Gasteiger partial charge is 0.394 e. The first-order valence-electron chi connectivity index (χ1n) is 11.0. The van der Waals surface area contributed by atoms with Crippen LogP contribution in [0.2, 0.25) is 0 Å². The first-order valence-corrected chi connectivity index (χ1v) is 11.0. The lowest BCUT2D eigenvalue weighted by atomic mass is 9.82. The third-order valence-electron chi connectivity index (χ3n) is 6.83. The van der Waals surface area contributed by atoms with Crippen molar-refractivity contribution >= 4 is 11.6 Å². The van der Waals surface area contributed by atoms with Crippen LogP contribution in [0.25, 0.3) is 11.1 Å². The molecule has 5 rings (SSSR count). The highest BCUT2D eigenvalue weighted by molar-refractivity contribution is 5.80. The van der Waals surface area contributed by atoms with Crippen LogP contribution in [0.1, 0.15) is 18.0 Å². The number of aliphatic hydroxyl groups is 1. The average molecular weight is 426 g/mol. The Hall–Kier alpha value is -2.48. The summed E-state index contributed by atoms with van der Waals surface area (Å²) < 4.78 is 18.8. The molecule has 3 aliphatic heterocycles. The van der Waals surface area contributed by atoms with Gasteiger partial charge in [-0.15, -0.1) is 0 Å². The Labute approximate surface area is 181 Å². The topological polar surface area (TPSA) is 65.0 Å². The second kappa shape index (κ2) is 8.57. The molecule has 2 saturated heterocycles. The summed E-state index contributed by atoms with van der Waals surface area (Å²) in [6.07, 6.45) is 0.859. The zero-order chi connectivity index (χ0) is 21.4. The van der Waals surface area contributed by atoms with Gasteiger partial charge in [-0.25, -0.2) is 4.39 Å². The Balaban J connectivity index is 1.46. The molecule has 0 unspecified atom stereocenters. The summed E-state index contributed by atoms with van der Waals surface area (Å²) in [6, 6.07) is 12.5. The van der Waals surface area contributed by atoms with Gasteiger partial charge in [-0.2, -0.15) is 0 Å². The number of halogens is 1. The molecule has 0 saturated carbocycles. The Morgan fingerprint density at radius 3 is 2.58 bits per heavy atom. The molecule has 31 heavy (non-hydrogen) atoms. The number of anilines is 1. The summed E-state index contributed by atoms with van der Waals surface area (Å²) in [5, 5.41) is 13.5. The number of morpholine rings is 1. The second-order valence-corrected chi connectivity index (χ2v) is 8.62. The van der Waals surface area contributed by atoms with Gasteiger partial charge in [-0.1, -0.05) is 18.2 Å². The summed E-state index contributed by atoms with van der Waals surface area (Å²) >= 11 is 0. The van der Waals surface area contributed by atoms with Crippen molar-refractivity contribution in [3.63, 3.8) is 0 Å². The van der Waals surface area contributed by atoms with Gasteiger partial charge >= 0.3 is 0 Å². The number of ether oxygens (including phenoxy) is 1. The van der Waals surface area contributed by atoms with Gasteiger partial charge in [0.15, 0.2) is 0 Å². The number of hydrogen-bond donors (Lipinski definition) is 2. The Morgan fingerprint density at radius 2 is 1.84 bits per heavy atom. The van der Waals surface area contributed by atoms with Gasteiger partial charge < -0.3 is 20.1 Å². The van der Waals surface area contributed by atoms with E-state index in [-0.39, 0.29) is 36.3 Å². The van der Waals surface area contributed by atoms with E-state index in [0.717, 1.165) is 41.9 Å². The number of benzene rings is 2. The van der Waals surface area contributed by atoms with Crippen LogP contribution in [0.4, 0.5) is 10.1 Å². The van der Waals surface area contributed by atoms with Gasteiger partial charge in [-0.05, 0) is 47.4 Å². The zero-order valence-electron chi connectivity index (χ0n) is 17.5.